The zero-order valence-corrected chi connectivity index (χ0v) is 5.91. The lowest BCUT2D eigenvalue weighted by molar-refractivity contribution is -0.598. The summed E-state index contributed by atoms with van der Waals surface area (Å²) < 4.78 is 25.8. The van der Waals surface area contributed by atoms with Crippen LogP contribution < -0.4 is 5.73 Å². The Bertz CT molecular complexity index is 277. The maximum Gasteiger partial charge on any atom is 0.428 e. The van der Waals surface area contributed by atoms with Crippen LogP contribution in [0.5, 0.6) is 0 Å². The molecule has 0 aromatic rings. The molecule has 0 amide bonds. The molecule has 4 nitrogen and oxygen atoms in total. The number of allylic oxidation sites excluding steroid dienone is 2. The minimum absolute atomic E-state index is 0.687. The summed E-state index contributed by atoms with van der Waals surface area (Å²) in [6.07, 6.45) is 2.86. The number of hydrogen-bond donors (Lipinski definition) is 1. The van der Waals surface area contributed by atoms with Crippen LogP contribution in [0.15, 0.2) is 24.1 Å². The highest BCUT2D eigenvalue weighted by Crippen LogP contribution is 2.30. The molecule has 66 valence electrons. The van der Waals surface area contributed by atoms with Crippen molar-refractivity contribution in [1.29, 1.82) is 0 Å². The highest BCUT2D eigenvalue weighted by atomic mass is 19.2. The van der Waals surface area contributed by atoms with Crippen LogP contribution >= 0.6 is 0 Å². The maximum absolute atomic E-state index is 13.2. The van der Waals surface area contributed by atoms with Gasteiger partial charge in [-0.25, -0.2) is 4.39 Å². The second kappa shape index (κ2) is 2.63. The molecule has 6 heteroatoms. The molecule has 1 aliphatic rings. The normalized spacial score (nSPS) is 34.6. The van der Waals surface area contributed by atoms with E-state index in [1.165, 1.54) is 0 Å². The van der Waals surface area contributed by atoms with Crippen LogP contribution in [0.4, 0.5) is 8.78 Å². The van der Waals surface area contributed by atoms with Gasteiger partial charge in [-0.2, -0.15) is 4.39 Å². The molecule has 2 unspecified atom stereocenters. The Labute approximate surface area is 66.5 Å². The van der Waals surface area contributed by atoms with Crippen molar-refractivity contribution in [3.63, 3.8) is 0 Å². The van der Waals surface area contributed by atoms with Crippen LogP contribution in [0.3, 0.4) is 0 Å². The van der Waals surface area contributed by atoms with Gasteiger partial charge in [0, 0.05) is 0 Å². The SMILES string of the molecule is NC1C=CC=C(F)C1(F)[N+](=O)[O-]. The first-order valence-corrected chi connectivity index (χ1v) is 3.13. The van der Waals surface area contributed by atoms with Crippen LogP contribution in [0.25, 0.3) is 0 Å². The van der Waals surface area contributed by atoms with Gasteiger partial charge in [0.15, 0.2) is 0 Å². The predicted octanol–water partition coefficient (Wildman–Crippen LogP) is 0.679. The van der Waals surface area contributed by atoms with E-state index in [0.717, 1.165) is 12.2 Å². The summed E-state index contributed by atoms with van der Waals surface area (Å²) in [5, 5.41) is 10.1. The highest BCUT2D eigenvalue weighted by Gasteiger charge is 2.54. The molecule has 0 fully saturated rings. The molecule has 0 aromatic heterocycles. The molecular formula is C6H6F2N2O2. The lowest BCUT2D eigenvalue weighted by Gasteiger charge is -2.20. The lowest BCUT2D eigenvalue weighted by atomic mass is 10.0. The Balaban J connectivity index is 3.10. The Hall–Kier alpha value is -1.30. The largest absolute Gasteiger partial charge is 0.428 e. The minimum atomic E-state index is -3.30. The average Bonchev–Trinajstić information content (AvgIpc) is 1.99. The molecule has 0 radical (unpaired) electrons. The molecule has 12 heavy (non-hydrogen) atoms. The molecular weight excluding hydrogens is 170 g/mol. The van der Waals surface area contributed by atoms with Crippen LogP contribution in [0.1, 0.15) is 0 Å². The van der Waals surface area contributed by atoms with E-state index in [-0.39, 0.29) is 0 Å². The fraction of sp³-hybridized carbons (Fsp3) is 0.333. The third-order valence-corrected chi connectivity index (χ3v) is 1.60. The van der Waals surface area contributed by atoms with Crippen LogP contribution in [0.2, 0.25) is 0 Å². The lowest BCUT2D eigenvalue weighted by Crippen LogP contribution is -2.50. The summed E-state index contributed by atoms with van der Waals surface area (Å²) in [4.78, 5) is 8.76. The number of halogens is 2. The monoisotopic (exact) mass is 176 g/mol. The van der Waals surface area contributed by atoms with Crippen molar-refractivity contribution in [3.05, 3.63) is 34.2 Å². The zero-order chi connectivity index (χ0) is 9.35. The molecule has 2 atom stereocenters. The third kappa shape index (κ3) is 1.00. The smallest absolute Gasteiger partial charge is 0.316 e. The Kier molecular flexibility index (Phi) is 1.93. The molecule has 0 saturated carbocycles. The number of alkyl halides is 1. The van der Waals surface area contributed by atoms with E-state index in [9.17, 15) is 18.9 Å². The molecule has 0 heterocycles. The Morgan fingerprint density at radius 3 is 2.67 bits per heavy atom. The topological polar surface area (TPSA) is 69.2 Å². The van der Waals surface area contributed by atoms with E-state index >= 15 is 0 Å². The third-order valence-electron chi connectivity index (χ3n) is 1.60. The van der Waals surface area contributed by atoms with Crippen molar-refractivity contribution in [2.24, 2.45) is 5.73 Å². The van der Waals surface area contributed by atoms with E-state index in [4.69, 9.17) is 5.73 Å². The van der Waals surface area contributed by atoms with Gasteiger partial charge in [0.1, 0.15) is 6.04 Å². The van der Waals surface area contributed by atoms with Crippen molar-refractivity contribution < 1.29 is 13.7 Å². The van der Waals surface area contributed by atoms with Gasteiger partial charge in [0.25, 0.3) is 0 Å². The van der Waals surface area contributed by atoms with Gasteiger partial charge in [-0.15, -0.1) is 0 Å². The number of hydrogen-bond acceptors (Lipinski definition) is 3. The number of nitrogens with two attached hydrogens (primary N) is 1. The summed E-state index contributed by atoms with van der Waals surface area (Å²) in [5.41, 5.74) is 5.02. The van der Waals surface area contributed by atoms with Crippen LogP contribution in [0, 0.1) is 10.1 Å². The second-order valence-corrected chi connectivity index (χ2v) is 2.36. The van der Waals surface area contributed by atoms with Gasteiger partial charge in [-0.05, 0) is 6.08 Å². The van der Waals surface area contributed by atoms with Crippen LogP contribution in [-0.4, -0.2) is 16.8 Å². The first-order valence-electron chi connectivity index (χ1n) is 3.13. The van der Waals surface area contributed by atoms with E-state index in [2.05, 4.69) is 0 Å². The van der Waals surface area contributed by atoms with Gasteiger partial charge in [-0.1, -0.05) is 12.2 Å². The summed E-state index contributed by atoms with van der Waals surface area (Å²) in [5.74, 6) is -4.77. The molecule has 1 aliphatic carbocycles. The van der Waals surface area contributed by atoms with Crippen molar-refractivity contribution in [2.75, 3.05) is 0 Å². The molecule has 0 bridgehead atoms. The van der Waals surface area contributed by atoms with Crippen LogP contribution in [-0.2, 0) is 0 Å². The summed E-state index contributed by atoms with van der Waals surface area (Å²) in [7, 11) is 0. The maximum atomic E-state index is 13.2. The van der Waals surface area contributed by atoms with Gasteiger partial charge in [0.2, 0.25) is 5.83 Å². The van der Waals surface area contributed by atoms with Crippen molar-refractivity contribution in [2.45, 2.75) is 11.8 Å². The zero-order valence-electron chi connectivity index (χ0n) is 5.91. The van der Waals surface area contributed by atoms with E-state index in [0.29, 0.717) is 6.08 Å². The summed E-state index contributed by atoms with van der Waals surface area (Å²) in [6, 6.07) is -1.57. The summed E-state index contributed by atoms with van der Waals surface area (Å²) >= 11 is 0. The van der Waals surface area contributed by atoms with Gasteiger partial charge < -0.3 is 5.73 Å². The average molecular weight is 176 g/mol. The number of nitrogens with zero attached hydrogens (tertiary/aromatic N) is 1. The summed E-state index contributed by atoms with van der Waals surface area (Å²) in [6.45, 7) is 0. The molecule has 2 N–H and O–H groups in total. The first kappa shape index (κ1) is 8.79. The predicted molar refractivity (Wildman–Crippen MR) is 37.1 cm³/mol. The van der Waals surface area contributed by atoms with E-state index in [1.807, 2.05) is 0 Å². The Morgan fingerprint density at radius 1 is 1.75 bits per heavy atom. The minimum Gasteiger partial charge on any atom is -0.316 e. The Morgan fingerprint density at radius 2 is 2.33 bits per heavy atom. The van der Waals surface area contributed by atoms with Gasteiger partial charge in [-0.3, -0.25) is 10.1 Å². The van der Waals surface area contributed by atoms with E-state index < -0.39 is 22.6 Å². The number of rotatable bonds is 1. The fourth-order valence-electron chi connectivity index (χ4n) is 0.872. The molecule has 0 aliphatic heterocycles. The van der Waals surface area contributed by atoms with Gasteiger partial charge in [0.05, 0.1) is 4.92 Å². The fourth-order valence-corrected chi connectivity index (χ4v) is 0.872. The second-order valence-electron chi connectivity index (χ2n) is 2.36. The molecule has 0 saturated heterocycles. The molecule has 0 aromatic carbocycles. The van der Waals surface area contributed by atoms with Crippen molar-refractivity contribution in [3.8, 4) is 0 Å². The first-order chi connectivity index (χ1) is 5.49. The molecule has 1 rings (SSSR count). The highest BCUT2D eigenvalue weighted by molar-refractivity contribution is 5.25. The quantitative estimate of drug-likeness (QED) is 0.363. The number of nitro groups is 1. The standard InChI is InChI=1S/C6H6F2N2O2/c7-4-2-1-3-5(9)6(4,8)10(11)12/h1-3,5H,9H2. The van der Waals surface area contributed by atoms with E-state index in [1.54, 1.807) is 0 Å². The molecule has 0 spiro atoms. The van der Waals surface area contributed by atoms with Gasteiger partial charge >= 0.3 is 5.79 Å². The van der Waals surface area contributed by atoms with Crippen molar-refractivity contribution in [1.82, 2.24) is 0 Å². The van der Waals surface area contributed by atoms with Crippen molar-refractivity contribution >= 4 is 0 Å².